The summed E-state index contributed by atoms with van der Waals surface area (Å²) in [6.45, 7) is 13.1. The fourth-order valence-corrected chi connectivity index (χ4v) is 19.0. The molecule has 11 aliphatic rings. The molecule has 6 saturated heterocycles. The van der Waals surface area contributed by atoms with E-state index in [1.807, 2.05) is 6.92 Å². The molecule has 5 aliphatic carbocycles. The van der Waals surface area contributed by atoms with Gasteiger partial charge < -0.3 is 149 Å². The van der Waals surface area contributed by atoms with Gasteiger partial charge in [0.05, 0.1) is 56.8 Å². The standard InChI is InChI=1S/C65H106O31/c1-25-36(69)41(74)46(79)54(87-25)94-51-30(21-67)90-53(50(83)45(51)78)85-22-31-39(72)44(77)49(82)57(91-31)96-59(84)65-17-15-60(3,4)19-28(65)27-9-10-34-61(5)13-12-35(62(6,24-68)33(61)11-14-64(34,8)63(27,7)16-18-65)93-58-52(95-55-47(80)42(75)37(70)26(2)88-55)40(73)32(23-86-58)92-56-48(81)43(76)38(71)29(20-66)89-56/h9,25-26,28-58,66-83H,10-24H2,1-8H3/t25-,26-,28-,29+,30+,31+,32-,33+,34-,35-,36-,37-,38+,39+,40-,41+,42+,43-,44-,45+,46+,47+,48+,49+,50+,51+,52+,53+,54-,55-,56-,57-,58-,61-,62-,63+,64+,65+/m0/s1. The van der Waals surface area contributed by atoms with E-state index in [9.17, 15) is 91.9 Å². The largest absolute Gasteiger partial charge is 0.432 e. The topological polar surface area (TPSA) is 492 Å². The van der Waals surface area contributed by atoms with Crippen LogP contribution < -0.4 is 0 Å². The first-order valence-corrected chi connectivity index (χ1v) is 34.1. The minimum atomic E-state index is -1.93. The maximum atomic E-state index is 15.3. The normalized spacial score (nSPS) is 55.1. The zero-order valence-electron chi connectivity index (χ0n) is 55.6. The number of esters is 1. The lowest BCUT2D eigenvalue weighted by Crippen LogP contribution is -2.67. The molecule has 31 heteroatoms. The summed E-state index contributed by atoms with van der Waals surface area (Å²) >= 11 is 0. The first-order valence-electron chi connectivity index (χ1n) is 34.1. The van der Waals surface area contributed by atoms with E-state index in [0.29, 0.717) is 64.2 Å². The van der Waals surface area contributed by atoms with Crippen molar-refractivity contribution in [2.24, 2.45) is 50.2 Å². The van der Waals surface area contributed by atoms with E-state index in [1.54, 1.807) is 0 Å². The van der Waals surface area contributed by atoms with Crippen molar-refractivity contribution in [1.29, 1.82) is 0 Å². The monoisotopic (exact) mass is 1380 g/mol. The zero-order valence-corrected chi connectivity index (χ0v) is 55.6. The number of hydrogen-bond acceptors (Lipinski definition) is 31. The van der Waals surface area contributed by atoms with Crippen LogP contribution in [0.2, 0.25) is 0 Å². The summed E-state index contributed by atoms with van der Waals surface area (Å²) in [6, 6.07) is 0. The second kappa shape index (κ2) is 28.3. The van der Waals surface area contributed by atoms with Crippen LogP contribution in [0, 0.1) is 50.2 Å². The SMILES string of the molecule is C[C@@H]1O[C@@H](O[C@H]2[C@H](O[C@H]3CC[C@@]4(C)[C@@H](CC[C@]5(C)[C@H]4CC=C4[C@@H]6CC(C)(C)CC[C@@]6(C(=O)O[C@@H]6O[C@H](CO[C@@H]7O[C@H](CO)[C@@H](O[C@@H]8O[C@@H](C)[C@H](O)[C@@H](O)[C@H]8O)[C@H](O)[C@H]7O)[C@@H](O)[C@H](O)[C@H]6O)CC[C@]45C)[C@]3(C)CO)OC[C@H](O[C@@H]3O[C@H](CO)[C@@H](O)[C@H](O)[C@H]3O)[C@@H]2O)[C@H](O)[C@H](O)[C@H]1O. The average molecular weight is 1380 g/mol. The van der Waals surface area contributed by atoms with Crippen LogP contribution in [0.4, 0.5) is 0 Å². The third-order valence-corrected chi connectivity index (χ3v) is 25.3. The maximum Gasteiger partial charge on any atom is 0.315 e. The number of rotatable bonds is 16. The van der Waals surface area contributed by atoms with E-state index >= 15 is 4.79 Å². The predicted octanol–water partition coefficient (Wildman–Crippen LogP) is -4.72. The average Bonchev–Trinajstić information content (AvgIpc) is 0.675. The summed E-state index contributed by atoms with van der Waals surface area (Å²) in [6.07, 6.45) is -40.2. The molecule has 4 saturated carbocycles. The van der Waals surface area contributed by atoms with Crippen molar-refractivity contribution in [3.63, 3.8) is 0 Å². The number of aliphatic hydroxyl groups excluding tert-OH is 18. The molecule has 6 heterocycles. The second-order valence-electron chi connectivity index (χ2n) is 31.3. The quantitative estimate of drug-likeness (QED) is 0.0392. The van der Waals surface area contributed by atoms with Crippen molar-refractivity contribution in [3.8, 4) is 0 Å². The lowest BCUT2D eigenvalue weighted by atomic mass is 9.33. The van der Waals surface area contributed by atoms with Crippen LogP contribution >= 0.6 is 0 Å². The Morgan fingerprint density at radius 2 is 1.03 bits per heavy atom. The molecular weight excluding hydrogens is 1280 g/mol. The molecule has 0 aromatic heterocycles. The molecule has 38 atom stereocenters. The molecule has 552 valence electrons. The molecule has 0 bridgehead atoms. The Balaban J connectivity index is 0.787. The molecule has 0 aromatic rings. The van der Waals surface area contributed by atoms with Gasteiger partial charge in [0, 0.05) is 5.41 Å². The van der Waals surface area contributed by atoms with Crippen molar-refractivity contribution in [1.82, 2.24) is 0 Å². The van der Waals surface area contributed by atoms with Crippen LogP contribution in [0.5, 0.6) is 0 Å². The number of carbonyl (C=O) groups excluding carboxylic acids is 1. The maximum absolute atomic E-state index is 15.3. The molecule has 0 unspecified atom stereocenters. The van der Waals surface area contributed by atoms with Gasteiger partial charge >= 0.3 is 5.97 Å². The van der Waals surface area contributed by atoms with E-state index in [-0.39, 0.29) is 35.2 Å². The molecule has 0 amide bonds. The summed E-state index contributed by atoms with van der Waals surface area (Å²) in [5, 5.41) is 196. The van der Waals surface area contributed by atoms with Crippen LogP contribution in [0.25, 0.3) is 0 Å². The van der Waals surface area contributed by atoms with Crippen molar-refractivity contribution in [2.45, 2.75) is 304 Å². The molecule has 10 fully saturated rings. The fourth-order valence-electron chi connectivity index (χ4n) is 19.0. The van der Waals surface area contributed by atoms with Crippen molar-refractivity contribution >= 4 is 5.97 Å². The molecule has 96 heavy (non-hydrogen) atoms. The second-order valence-corrected chi connectivity index (χ2v) is 31.3. The number of carbonyl (C=O) groups is 1. The number of allylic oxidation sites excluding steroid dienone is 2. The third-order valence-electron chi connectivity index (χ3n) is 25.3. The molecular formula is C65H106O31. The van der Waals surface area contributed by atoms with Crippen LogP contribution in [0.1, 0.15) is 120 Å². The van der Waals surface area contributed by atoms with Gasteiger partial charge in [-0.15, -0.1) is 0 Å². The summed E-state index contributed by atoms with van der Waals surface area (Å²) in [7, 11) is 0. The van der Waals surface area contributed by atoms with E-state index < -0.39 is 238 Å². The molecule has 18 N–H and O–H groups in total. The summed E-state index contributed by atoms with van der Waals surface area (Å²) in [5.41, 5.74) is -2.40. The molecule has 0 spiro atoms. The van der Waals surface area contributed by atoms with Crippen LogP contribution in [-0.4, -0.2) is 315 Å². The molecule has 6 aliphatic heterocycles. The molecule has 11 rings (SSSR count). The Morgan fingerprint density at radius 3 is 1.64 bits per heavy atom. The molecule has 0 aromatic carbocycles. The third kappa shape index (κ3) is 12.8. The van der Waals surface area contributed by atoms with Crippen molar-refractivity contribution < 1.29 is 154 Å². The molecule has 0 radical (unpaired) electrons. The van der Waals surface area contributed by atoms with Crippen LogP contribution in [0.3, 0.4) is 0 Å². The van der Waals surface area contributed by atoms with Gasteiger partial charge in [0.15, 0.2) is 31.5 Å². The minimum Gasteiger partial charge on any atom is -0.432 e. The van der Waals surface area contributed by atoms with Gasteiger partial charge in [-0.1, -0.05) is 53.2 Å². The number of fused-ring (bicyclic) bond motifs is 7. The summed E-state index contributed by atoms with van der Waals surface area (Å²) < 4.78 is 71.8. The van der Waals surface area contributed by atoms with Crippen molar-refractivity contribution in [2.75, 3.05) is 33.0 Å². The lowest BCUT2D eigenvalue weighted by Gasteiger charge is -2.71. The zero-order chi connectivity index (χ0) is 70.0. The lowest BCUT2D eigenvalue weighted by molar-refractivity contribution is -0.381. The first kappa shape index (κ1) is 75.2. The van der Waals surface area contributed by atoms with Gasteiger partial charge in [0.2, 0.25) is 6.29 Å². The van der Waals surface area contributed by atoms with Gasteiger partial charge in [-0.2, -0.15) is 0 Å². The van der Waals surface area contributed by atoms with E-state index in [0.717, 1.165) is 5.57 Å². The highest BCUT2D eigenvalue weighted by atomic mass is 16.8. The van der Waals surface area contributed by atoms with E-state index in [2.05, 4.69) is 40.7 Å². The van der Waals surface area contributed by atoms with Crippen LogP contribution in [0.15, 0.2) is 11.6 Å². The smallest absolute Gasteiger partial charge is 0.315 e. The Kier molecular flexibility index (Phi) is 22.1. The Hall–Kier alpha value is -1.95. The first-order chi connectivity index (χ1) is 45.1. The minimum absolute atomic E-state index is 0.0451. The van der Waals surface area contributed by atoms with Gasteiger partial charge in [0.1, 0.15) is 128 Å². The van der Waals surface area contributed by atoms with Crippen LogP contribution in [-0.2, 0) is 61.6 Å². The van der Waals surface area contributed by atoms with Gasteiger partial charge in [-0.25, -0.2) is 0 Å². The van der Waals surface area contributed by atoms with Gasteiger partial charge in [-0.3, -0.25) is 4.79 Å². The Labute approximate surface area is 556 Å². The Morgan fingerprint density at radius 1 is 0.500 bits per heavy atom. The highest BCUT2D eigenvalue weighted by Crippen LogP contribution is 2.76. The highest BCUT2D eigenvalue weighted by Gasteiger charge is 2.71. The van der Waals surface area contributed by atoms with E-state index in [1.165, 1.54) is 13.8 Å². The van der Waals surface area contributed by atoms with Crippen molar-refractivity contribution in [3.05, 3.63) is 11.6 Å². The number of ether oxygens (including phenoxy) is 12. The van der Waals surface area contributed by atoms with Gasteiger partial charge in [0.25, 0.3) is 0 Å². The fraction of sp³-hybridized carbons (Fsp3) is 0.954. The summed E-state index contributed by atoms with van der Waals surface area (Å²) in [4.78, 5) is 15.3. The summed E-state index contributed by atoms with van der Waals surface area (Å²) in [5.74, 6) is -1.11. The highest BCUT2D eigenvalue weighted by molar-refractivity contribution is 5.79. The Bertz CT molecular complexity index is 2690. The number of aliphatic hydroxyl groups is 18. The van der Waals surface area contributed by atoms with Gasteiger partial charge in [-0.05, 0) is 117 Å². The predicted molar refractivity (Wildman–Crippen MR) is 321 cm³/mol. The number of hydrogen-bond donors (Lipinski definition) is 18. The molecule has 31 nitrogen and oxygen atoms in total. The van der Waals surface area contributed by atoms with E-state index in [4.69, 9.17) is 56.8 Å².